The van der Waals surface area contributed by atoms with Crippen molar-refractivity contribution in [1.29, 1.82) is 0 Å². The summed E-state index contributed by atoms with van der Waals surface area (Å²) in [6, 6.07) is 0. The Morgan fingerprint density at radius 2 is 1.41 bits per heavy atom. The Morgan fingerprint density at radius 3 is 1.78 bits per heavy atom. The highest BCUT2D eigenvalue weighted by atomic mass is 32.2. The van der Waals surface area contributed by atoms with E-state index in [1.165, 1.54) is 5.57 Å². The van der Waals surface area contributed by atoms with Gasteiger partial charge in [-0.25, -0.2) is 8.51 Å². The Labute approximate surface area is 172 Å². The van der Waals surface area contributed by atoms with Crippen LogP contribution in [0, 0.1) is 17.8 Å². The standard InChI is InChI=1S/C19H34N2OS.C4H10/c1-7-18(17(5)6)9-10-19(8-2)23(22)21-13-11-20(12-14-21)15-16(3)4;1-4(2)3/h7-10,16-17H,11-15H2,1-6H3;4H,1-3H3/b10-9-,18-7+,19-8+;. The van der Waals surface area contributed by atoms with Gasteiger partial charge in [-0.1, -0.05) is 66.7 Å². The minimum atomic E-state index is -1.05. The summed E-state index contributed by atoms with van der Waals surface area (Å²) in [5.41, 5.74) is 1.28. The fourth-order valence-corrected chi connectivity index (χ4v) is 3.98. The van der Waals surface area contributed by atoms with E-state index in [0.717, 1.165) is 43.5 Å². The van der Waals surface area contributed by atoms with E-state index in [4.69, 9.17) is 0 Å². The van der Waals surface area contributed by atoms with Crippen molar-refractivity contribution in [1.82, 2.24) is 9.21 Å². The molecule has 3 nitrogen and oxygen atoms in total. The second-order valence-electron chi connectivity index (χ2n) is 8.57. The molecule has 4 heteroatoms. The molecule has 0 aliphatic carbocycles. The van der Waals surface area contributed by atoms with Crippen molar-refractivity contribution >= 4 is 11.0 Å². The van der Waals surface area contributed by atoms with E-state index in [1.54, 1.807) is 0 Å². The summed E-state index contributed by atoms with van der Waals surface area (Å²) >= 11 is 0. The minimum absolute atomic E-state index is 0.488. The lowest BCUT2D eigenvalue weighted by molar-refractivity contribution is 0.176. The number of allylic oxidation sites excluding steroid dienone is 5. The second-order valence-corrected chi connectivity index (χ2v) is 10.1. The van der Waals surface area contributed by atoms with Gasteiger partial charge >= 0.3 is 0 Å². The van der Waals surface area contributed by atoms with Gasteiger partial charge in [-0.05, 0) is 43.3 Å². The van der Waals surface area contributed by atoms with Gasteiger partial charge < -0.3 is 4.90 Å². The van der Waals surface area contributed by atoms with Crippen molar-refractivity contribution in [3.8, 4) is 0 Å². The molecule has 158 valence electrons. The average molecular weight is 397 g/mol. The van der Waals surface area contributed by atoms with E-state index in [9.17, 15) is 4.21 Å². The monoisotopic (exact) mass is 396 g/mol. The molecule has 1 fully saturated rings. The maximum atomic E-state index is 12.8. The number of hydrogen-bond acceptors (Lipinski definition) is 2. The molecule has 0 bridgehead atoms. The summed E-state index contributed by atoms with van der Waals surface area (Å²) in [6.45, 7) is 24.3. The van der Waals surface area contributed by atoms with Gasteiger partial charge in [0, 0.05) is 32.7 Å². The van der Waals surface area contributed by atoms with Crippen LogP contribution in [0.4, 0.5) is 0 Å². The molecule has 0 radical (unpaired) electrons. The molecular formula is C23H44N2OS. The molecule has 0 N–H and O–H groups in total. The summed E-state index contributed by atoms with van der Waals surface area (Å²) in [7, 11) is -1.05. The lowest BCUT2D eigenvalue weighted by Crippen LogP contribution is -2.47. The Bertz CT molecular complexity index is 508. The smallest absolute Gasteiger partial charge is 0.127 e. The topological polar surface area (TPSA) is 23.6 Å². The number of rotatable bonds is 7. The van der Waals surface area contributed by atoms with E-state index in [2.05, 4.69) is 76.7 Å². The fraction of sp³-hybridized carbons (Fsp3) is 0.739. The highest BCUT2D eigenvalue weighted by molar-refractivity contribution is 7.86. The van der Waals surface area contributed by atoms with Crippen molar-refractivity contribution in [3.63, 3.8) is 0 Å². The highest BCUT2D eigenvalue weighted by Crippen LogP contribution is 2.17. The normalized spacial score (nSPS) is 19.1. The molecule has 1 saturated heterocycles. The predicted octanol–water partition coefficient (Wildman–Crippen LogP) is 5.65. The number of hydrogen-bond donors (Lipinski definition) is 0. The van der Waals surface area contributed by atoms with Gasteiger partial charge in [0.15, 0.2) is 0 Å². The molecule has 1 rings (SSSR count). The zero-order valence-electron chi connectivity index (χ0n) is 19.3. The first-order valence-electron chi connectivity index (χ1n) is 10.5. The molecule has 1 heterocycles. The second kappa shape index (κ2) is 14.3. The van der Waals surface area contributed by atoms with Crippen LogP contribution in [0.15, 0.2) is 34.8 Å². The van der Waals surface area contributed by atoms with Crippen LogP contribution in [0.1, 0.15) is 62.3 Å². The number of nitrogens with zero attached hydrogens (tertiary/aromatic N) is 2. The molecule has 0 aromatic carbocycles. The molecule has 0 amide bonds. The third kappa shape index (κ3) is 11.7. The van der Waals surface area contributed by atoms with Crippen LogP contribution >= 0.6 is 0 Å². The Hall–Kier alpha value is -0.710. The fourth-order valence-electron chi connectivity index (χ4n) is 2.80. The lowest BCUT2D eigenvalue weighted by atomic mass is 10.0. The summed E-state index contributed by atoms with van der Waals surface area (Å²) in [4.78, 5) is 3.38. The van der Waals surface area contributed by atoms with Crippen molar-refractivity contribution in [2.45, 2.75) is 62.3 Å². The van der Waals surface area contributed by atoms with Crippen molar-refractivity contribution in [2.75, 3.05) is 32.7 Å². The third-order valence-corrected chi connectivity index (χ3v) is 5.72. The van der Waals surface area contributed by atoms with Gasteiger partial charge in [0.1, 0.15) is 11.0 Å². The van der Waals surface area contributed by atoms with Crippen LogP contribution in [-0.2, 0) is 11.0 Å². The maximum absolute atomic E-state index is 12.8. The van der Waals surface area contributed by atoms with Gasteiger partial charge in [0.2, 0.25) is 0 Å². The summed E-state index contributed by atoms with van der Waals surface area (Å²) in [5.74, 6) is 2.01. The molecule has 0 saturated carbocycles. The Morgan fingerprint density at radius 1 is 0.889 bits per heavy atom. The van der Waals surface area contributed by atoms with Crippen LogP contribution in [0.3, 0.4) is 0 Å². The average Bonchev–Trinajstić information content (AvgIpc) is 2.57. The molecule has 0 spiro atoms. The first kappa shape index (κ1) is 26.3. The summed E-state index contributed by atoms with van der Waals surface area (Å²) in [6.07, 6.45) is 8.22. The SMILES string of the molecule is CC(C)C.C\C=C(/C=C\C(=C/C)S(=O)N1CCN(CC(C)C)CC1)C(C)C. The van der Waals surface area contributed by atoms with Crippen LogP contribution in [0.2, 0.25) is 0 Å². The van der Waals surface area contributed by atoms with Gasteiger partial charge in [-0.2, -0.15) is 0 Å². The molecular weight excluding hydrogens is 352 g/mol. The van der Waals surface area contributed by atoms with Gasteiger partial charge in [0.25, 0.3) is 0 Å². The van der Waals surface area contributed by atoms with E-state index in [-0.39, 0.29) is 0 Å². The molecule has 1 aliphatic rings. The first-order valence-corrected chi connectivity index (χ1v) is 11.6. The highest BCUT2D eigenvalue weighted by Gasteiger charge is 2.22. The van der Waals surface area contributed by atoms with Crippen molar-refractivity contribution < 1.29 is 4.21 Å². The Balaban J connectivity index is 0.00000153. The number of piperazine rings is 1. The van der Waals surface area contributed by atoms with E-state index in [0.29, 0.717) is 11.8 Å². The molecule has 1 unspecified atom stereocenters. The van der Waals surface area contributed by atoms with Crippen LogP contribution in [0.25, 0.3) is 0 Å². The molecule has 1 aliphatic heterocycles. The summed E-state index contributed by atoms with van der Waals surface area (Å²) in [5, 5.41) is 0. The molecule has 0 aromatic heterocycles. The summed E-state index contributed by atoms with van der Waals surface area (Å²) < 4.78 is 14.9. The van der Waals surface area contributed by atoms with E-state index < -0.39 is 11.0 Å². The van der Waals surface area contributed by atoms with Crippen LogP contribution in [-0.4, -0.2) is 46.1 Å². The first-order chi connectivity index (χ1) is 12.6. The van der Waals surface area contributed by atoms with E-state index in [1.807, 2.05) is 19.1 Å². The van der Waals surface area contributed by atoms with Crippen LogP contribution < -0.4 is 0 Å². The maximum Gasteiger partial charge on any atom is 0.127 e. The molecule has 27 heavy (non-hydrogen) atoms. The molecule has 1 atom stereocenters. The zero-order valence-corrected chi connectivity index (χ0v) is 20.1. The third-order valence-electron chi connectivity index (χ3n) is 4.12. The van der Waals surface area contributed by atoms with E-state index >= 15 is 0 Å². The van der Waals surface area contributed by atoms with Crippen molar-refractivity contribution in [3.05, 3.63) is 34.8 Å². The quantitative estimate of drug-likeness (QED) is 0.519. The largest absolute Gasteiger partial charge is 0.300 e. The molecule has 0 aromatic rings. The van der Waals surface area contributed by atoms with Gasteiger partial charge in [-0.3, -0.25) is 0 Å². The van der Waals surface area contributed by atoms with Crippen LogP contribution in [0.5, 0.6) is 0 Å². The predicted molar refractivity (Wildman–Crippen MR) is 123 cm³/mol. The zero-order chi connectivity index (χ0) is 21.0. The lowest BCUT2D eigenvalue weighted by Gasteiger charge is -2.34. The Kier molecular flexibility index (Phi) is 13.9. The minimum Gasteiger partial charge on any atom is -0.300 e. The van der Waals surface area contributed by atoms with Crippen molar-refractivity contribution in [2.24, 2.45) is 17.8 Å². The van der Waals surface area contributed by atoms with Gasteiger partial charge in [0.05, 0.1) is 4.91 Å². The van der Waals surface area contributed by atoms with Gasteiger partial charge in [-0.15, -0.1) is 0 Å².